The van der Waals surface area contributed by atoms with Gasteiger partial charge in [0.05, 0.1) is 15.6 Å². The highest BCUT2D eigenvalue weighted by Crippen LogP contribution is 2.35. The molecule has 5 rings (SSSR count). The number of piperazine rings is 1. The van der Waals surface area contributed by atoms with Crippen molar-refractivity contribution in [2.75, 3.05) is 46.4 Å². The molecule has 3 aliphatic heterocycles. The van der Waals surface area contributed by atoms with E-state index in [0.717, 1.165) is 37.2 Å². The molecule has 0 bridgehead atoms. The zero-order chi connectivity index (χ0) is 29.1. The molecule has 0 aliphatic carbocycles. The molecule has 2 amide bonds. The molecule has 3 atom stereocenters. The SMILES string of the molecule is CCOC1(c2cccnc2)C=CC(N2CCN(C(=O)c3cc(Cl)sc3Cl)C[C@H]2CC)=C(C(=O)N[C@@H]2CCN(C)C2)N1. The van der Waals surface area contributed by atoms with Crippen molar-refractivity contribution >= 4 is 46.4 Å². The van der Waals surface area contributed by atoms with Crippen molar-refractivity contribution in [3.63, 3.8) is 0 Å². The van der Waals surface area contributed by atoms with Crippen LogP contribution in [0.1, 0.15) is 42.6 Å². The van der Waals surface area contributed by atoms with E-state index in [9.17, 15) is 9.59 Å². The van der Waals surface area contributed by atoms with Gasteiger partial charge in [-0.25, -0.2) is 0 Å². The summed E-state index contributed by atoms with van der Waals surface area (Å²) in [6, 6.07) is 5.48. The number of halogens is 2. The van der Waals surface area contributed by atoms with Gasteiger partial charge in [-0.1, -0.05) is 36.2 Å². The standard InChI is InChI=1S/C29H36Cl2N6O3S/c1-4-21-18-36(28(39)22-15-24(30)41-26(22)31)13-14-37(21)23-8-10-29(40-5-2,19-7-6-11-32-16-19)34-25(23)27(38)33-20-9-12-35(3)17-20/h6-8,10-11,15-16,20-21,34H,4-5,9,12-14,17-18H2,1-3H3,(H,33,38)/t20-,21-,29?/m1/s1. The zero-order valence-electron chi connectivity index (χ0n) is 23.5. The lowest BCUT2D eigenvalue weighted by molar-refractivity contribution is -0.120. The van der Waals surface area contributed by atoms with Crippen LogP contribution in [0.3, 0.4) is 0 Å². The Hall–Kier alpha value is -2.63. The predicted octanol–water partition coefficient (Wildman–Crippen LogP) is 4.07. The second-order valence-electron chi connectivity index (χ2n) is 10.6. The molecule has 9 nitrogen and oxygen atoms in total. The number of aromatic nitrogens is 1. The van der Waals surface area contributed by atoms with Gasteiger partial charge in [-0.2, -0.15) is 0 Å². The summed E-state index contributed by atoms with van der Waals surface area (Å²) in [7, 11) is 2.06. The van der Waals surface area contributed by atoms with Gasteiger partial charge in [0, 0.05) is 62.8 Å². The molecule has 3 aliphatic rings. The number of carbonyl (C=O) groups is 2. The van der Waals surface area contributed by atoms with Crippen molar-refractivity contribution in [3.05, 3.63) is 73.9 Å². The van der Waals surface area contributed by atoms with Gasteiger partial charge in [0.2, 0.25) is 0 Å². The second kappa shape index (κ2) is 12.7. The molecule has 2 aromatic heterocycles. The molecule has 0 saturated carbocycles. The van der Waals surface area contributed by atoms with Crippen LogP contribution in [0.25, 0.3) is 0 Å². The highest BCUT2D eigenvalue weighted by atomic mass is 35.5. The Bertz CT molecular complexity index is 1340. The van der Waals surface area contributed by atoms with Gasteiger partial charge in [0.25, 0.3) is 11.8 Å². The lowest BCUT2D eigenvalue weighted by Crippen LogP contribution is -2.57. The van der Waals surface area contributed by atoms with Crippen LogP contribution in [-0.2, 0) is 15.3 Å². The summed E-state index contributed by atoms with van der Waals surface area (Å²) in [5.41, 5.74) is 1.42. The number of likely N-dealkylation sites (N-methyl/N-ethyl adjacent to an activating group) is 1. The van der Waals surface area contributed by atoms with Gasteiger partial charge in [-0.15, -0.1) is 11.3 Å². The molecule has 0 radical (unpaired) electrons. The number of rotatable bonds is 8. The van der Waals surface area contributed by atoms with Gasteiger partial charge >= 0.3 is 0 Å². The first-order valence-electron chi connectivity index (χ1n) is 14.0. The molecular formula is C29H36Cl2N6O3S. The predicted molar refractivity (Wildman–Crippen MR) is 162 cm³/mol. The van der Waals surface area contributed by atoms with E-state index in [1.54, 1.807) is 18.5 Å². The minimum Gasteiger partial charge on any atom is -0.363 e. The number of dihydropyridines is 1. The number of nitrogens with one attached hydrogen (secondary N) is 2. The first-order chi connectivity index (χ1) is 19.7. The fraction of sp³-hybridized carbons (Fsp3) is 0.483. The van der Waals surface area contributed by atoms with Crippen LogP contribution in [0, 0.1) is 0 Å². The molecule has 2 fully saturated rings. The van der Waals surface area contributed by atoms with Crippen LogP contribution in [0.5, 0.6) is 0 Å². The van der Waals surface area contributed by atoms with Gasteiger partial charge in [-0.3, -0.25) is 14.6 Å². The smallest absolute Gasteiger partial charge is 0.269 e. The summed E-state index contributed by atoms with van der Waals surface area (Å²) >= 11 is 13.6. The highest BCUT2D eigenvalue weighted by molar-refractivity contribution is 7.20. The summed E-state index contributed by atoms with van der Waals surface area (Å²) < 4.78 is 7.16. The molecule has 41 heavy (non-hydrogen) atoms. The third kappa shape index (κ3) is 6.27. The number of carbonyl (C=O) groups excluding carboxylic acids is 2. The number of hydrogen-bond donors (Lipinski definition) is 2. The topological polar surface area (TPSA) is 90.0 Å². The van der Waals surface area contributed by atoms with Crippen LogP contribution >= 0.6 is 34.5 Å². The Balaban J connectivity index is 1.46. The van der Waals surface area contributed by atoms with E-state index in [1.165, 1.54) is 11.3 Å². The van der Waals surface area contributed by atoms with Crippen molar-refractivity contribution in [2.24, 2.45) is 0 Å². The van der Waals surface area contributed by atoms with Crippen molar-refractivity contribution in [1.82, 2.24) is 30.3 Å². The second-order valence-corrected chi connectivity index (χ2v) is 12.9. The third-order valence-electron chi connectivity index (χ3n) is 7.90. The summed E-state index contributed by atoms with van der Waals surface area (Å²) in [5.74, 6) is -0.302. The number of likely N-dealkylation sites (tertiary alicyclic amines) is 1. The number of allylic oxidation sites excluding steroid dienone is 1. The first kappa shape index (κ1) is 29.8. The largest absolute Gasteiger partial charge is 0.363 e. The van der Waals surface area contributed by atoms with Gasteiger partial charge in [-0.05, 0) is 57.6 Å². The normalized spacial score (nSPS) is 25.0. The van der Waals surface area contributed by atoms with E-state index in [4.69, 9.17) is 27.9 Å². The van der Waals surface area contributed by atoms with E-state index in [0.29, 0.717) is 46.2 Å². The van der Waals surface area contributed by atoms with E-state index >= 15 is 0 Å². The minimum atomic E-state index is -1.04. The quantitative estimate of drug-likeness (QED) is 0.461. The average molecular weight is 620 g/mol. The molecule has 1 unspecified atom stereocenters. The fourth-order valence-corrected chi connectivity index (χ4v) is 7.25. The fourth-order valence-electron chi connectivity index (χ4n) is 5.80. The number of pyridine rings is 1. The maximum atomic E-state index is 14.0. The lowest BCUT2D eigenvalue weighted by atomic mass is 9.97. The summed E-state index contributed by atoms with van der Waals surface area (Å²) in [6.07, 6.45) is 9.07. The molecule has 2 saturated heterocycles. The van der Waals surface area contributed by atoms with E-state index < -0.39 is 5.72 Å². The molecule has 0 aromatic carbocycles. The average Bonchev–Trinajstić information content (AvgIpc) is 3.55. The van der Waals surface area contributed by atoms with E-state index in [-0.39, 0.29) is 23.9 Å². The Kier molecular flexibility index (Phi) is 9.25. The Morgan fingerprint density at radius 2 is 2.07 bits per heavy atom. The third-order valence-corrected chi connectivity index (χ3v) is 9.38. The number of thiophene rings is 1. The number of nitrogens with zero attached hydrogens (tertiary/aromatic N) is 4. The van der Waals surface area contributed by atoms with Gasteiger partial charge in [0.15, 0.2) is 5.72 Å². The lowest BCUT2D eigenvalue weighted by Gasteiger charge is -2.45. The molecule has 0 spiro atoms. The van der Waals surface area contributed by atoms with Crippen LogP contribution < -0.4 is 10.6 Å². The van der Waals surface area contributed by atoms with Crippen LogP contribution in [0.4, 0.5) is 0 Å². The van der Waals surface area contributed by atoms with Crippen molar-refractivity contribution in [1.29, 1.82) is 0 Å². The maximum Gasteiger partial charge on any atom is 0.269 e. The molecule has 220 valence electrons. The molecule has 2 N–H and O–H groups in total. The van der Waals surface area contributed by atoms with Crippen molar-refractivity contribution < 1.29 is 14.3 Å². The summed E-state index contributed by atoms with van der Waals surface area (Å²) in [6.45, 7) is 7.73. The molecule has 12 heteroatoms. The monoisotopic (exact) mass is 618 g/mol. The Morgan fingerprint density at radius 1 is 1.24 bits per heavy atom. The first-order valence-corrected chi connectivity index (χ1v) is 15.6. The molecular weight excluding hydrogens is 583 g/mol. The Labute approximate surface area is 255 Å². The van der Waals surface area contributed by atoms with Crippen LogP contribution in [-0.4, -0.2) is 90.0 Å². The maximum absolute atomic E-state index is 14.0. The van der Waals surface area contributed by atoms with Gasteiger partial charge in [0.1, 0.15) is 10.0 Å². The molecule has 2 aromatic rings. The van der Waals surface area contributed by atoms with Crippen molar-refractivity contribution in [2.45, 2.75) is 44.5 Å². The summed E-state index contributed by atoms with van der Waals surface area (Å²) in [4.78, 5) is 37.8. The number of ether oxygens (including phenoxy) is 1. The summed E-state index contributed by atoms with van der Waals surface area (Å²) in [5, 5.41) is 6.73. The zero-order valence-corrected chi connectivity index (χ0v) is 25.9. The highest BCUT2D eigenvalue weighted by Gasteiger charge is 2.40. The Morgan fingerprint density at radius 3 is 2.71 bits per heavy atom. The van der Waals surface area contributed by atoms with E-state index in [2.05, 4.69) is 39.4 Å². The molecule has 5 heterocycles. The van der Waals surface area contributed by atoms with Crippen molar-refractivity contribution in [3.8, 4) is 0 Å². The van der Waals surface area contributed by atoms with E-state index in [1.807, 2.05) is 36.1 Å². The van der Waals surface area contributed by atoms with Gasteiger partial charge < -0.3 is 30.1 Å². The van der Waals surface area contributed by atoms with Crippen LogP contribution in [0.15, 0.2) is 54.1 Å². The number of hydrogen-bond acceptors (Lipinski definition) is 8. The van der Waals surface area contributed by atoms with Crippen LogP contribution in [0.2, 0.25) is 8.67 Å². The minimum absolute atomic E-state index is 0.0135. The number of amides is 2.